The fourth-order valence-corrected chi connectivity index (χ4v) is 0.519. The van der Waals surface area contributed by atoms with Crippen LogP contribution in [0.25, 0.3) is 0 Å². The van der Waals surface area contributed by atoms with Crippen LogP contribution in [0.2, 0.25) is 0 Å². The van der Waals surface area contributed by atoms with Gasteiger partial charge in [-0.2, -0.15) is 0 Å². The first-order valence-corrected chi connectivity index (χ1v) is 2.97. The SMILES string of the molecule is CCCCCC(=O)[O-].[Mn+2]. The Bertz CT molecular complexity index is 73.5. The van der Waals surface area contributed by atoms with Crippen molar-refractivity contribution >= 4 is 5.97 Å². The number of carboxylic acids is 1. The molecule has 0 saturated heterocycles. The van der Waals surface area contributed by atoms with Crippen LogP contribution < -0.4 is 5.11 Å². The molecule has 0 saturated carbocycles. The van der Waals surface area contributed by atoms with Gasteiger partial charge in [-0.1, -0.05) is 19.8 Å². The van der Waals surface area contributed by atoms with Crippen LogP contribution in [-0.4, -0.2) is 5.97 Å². The molecule has 0 N–H and O–H groups in total. The first-order chi connectivity index (χ1) is 3.77. The zero-order valence-corrected chi connectivity index (χ0v) is 6.70. The molecule has 0 aliphatic heterocycles. The largest absolute Gasteiger partial charge is 2.00 e. The third-order valence-corrected chi connectivity index (χ3v) is 0.984. The van der Waals surface area contributed by atoms with Crippen molar-refractivity contribution in [2.24, 2.45) is 0 Å². The first kappa shape index (κ1) is 11.7. The number of carbonyl (C=O) groups excluding carboxylic acids is 1. The predicted molar refractivity (Wildman–Crippen MR) is 29.1 cm³/mol. The molecule has 0 atom stereocenters. The van der Waals surface area contributed by atoms with Crippen molar-refractivity contribution in [1.82, 2.24) is 0 Å². The molecule has 0 aromatic carbocycles. The summed E-state index contributed by atoms with van der Waals surface area (Å²) in [6, 6.07) is 0. The number of hydrogen-bond donors (Lipinski definition) is 0. The van der Waals surface area contributed by atoms with Crippen molar-refractivity contribution in [3.8, 4) is 0 Å². The van der Waals surface area contributed by atoms with Gasteiger partial charge in [-0.3, -0.25) is 0 Å². The first-order valence-electron chi connectivity index (χ1n) is 2.97. The summed E-state index contributed by atoms with van der Waals surface area (Å²) in [6.45, 7) is 2.04. The second-order valence-electron chi connectivity index (χ2n) is 1.83. The minimum Gasteiger partial charge on any atom is -0.550 e. The molecule has 0 aromatic rings. The van der Waals surface area contributed by atoms with Crippen molar-refractivity contribution in [3.05, 3.63) is 0 Å². The summed E-state index contributed by atoms with van der Waals surface area (Å²) in [5.74, 6) is -0.932. The standard InChI is InChI=1S/C6H12O2.Mn/c1-2-3-4-5-6(7)8;/h2-5H2,1H3,(H,7,8);/q;+2/p-1. The third kappa shape index (κ3) is 11.5. The van der Waals surface area contributed by atoms with Gasteiger partial charge in [0, 0.05) is 5.97 Å². The molecule has 0 amide bonds. The van der Waals surface area contributed by atoms with E-state index >= 15 is 0 Å². The van der Waals surface area contributed by atoms with Gasteiger partial charge in [-0.15, -0.1) is 0 Å². The fourth-order valence-electron chi connectivity index (χ4n) is 0.519. The monoisotopic (exact) mass is 170 g/mol. The molecule has 0 heterocycles. The Kier molecular flexibility index (Phi) is 10.4. The van der Waals surface area contributed by atoms with Crippen LogP contribution in [0.4, 0.5) is 0 Å². The second-order valence-corrected chi connectivity index (χ2v) is 1.83. The van der Waals surface area contributed by atoms with E-state index in [0.717, 1.165) is 19.3 Å². The van der Waals surface area contributed by atoms with Crippen molar-refractivity contribution in [2.45, 2.75) is 32.6 Å². The molecule has 0 aliphatic carbocycles. The summed E-state index contributed by atoms with van der Waals surface area (Å²) in [5.41, 5.74) is 0. The molecule has 0 bridgehead atoms. The van der Waals surface area contributed by atoms with E-state index in [0.29, 0.717) is 0 Å². The average molecular weight is 170 g/mol. The minimum absolute atomic E-state index is 0. The van der Waals surface area contributed by atoms with Crippen molar-refractivity contribution in [2.75, 3.05) is 0 Å². The number of aliphatic carboxylic acids is 1. The molecule has 0 rings (SSSR count). The smallest absolute Gasteiger partial charge is 0.550 e. The van der Waals surface area contributed by atoms with E-state index in [1.165, 1.54) is 0 Å². The van der Waals surface area contributed by atoms with Crippen LogP contribution in [-0.2, 0) is 21.9 Å². The fraction of sp³-hybridized carbons (Fsp3) is 0.833. The zero-order valence-electron chi connectivity index (χ0n) is 5.52. The van der Waals surface area contributed by atoms with E-state index in [2.05, 4.69) is 0 Å². The molecule has 0 fully saturated rings. The molecular weight excluding hydrogens is 159 g/mol. The Morgan fingerprint density at radius 2 is 2.00 bits per heavy atom. The van der Waals surface area contributed by atoms with Gasteiger partial charge in [-0.05, 0) is 12.8 Å². The maximum Gasteiger partial charge on any atom is 2.00 e. The van der Waals surface area contributed by atoms with Crippen molar-refractivity contribution in [1.29, 1.82) is 0 Å². The van der Waals surface area contributed by atoms with Crippen LogP contribution >= 0.6 is 0 Å². The molecule has 0 spiro atoms. The molecule has 2 nitrogen and oxygen atoms in total. The zero-order chi connectivity index (χ0) is 6.41. The van der Waals surface area contributed by atoms with Gasteiger partial charge in [-0.25, -0.2) is 0 Å². The summed E-state index contributed by atoms with van der Waals surface area (Å²) >= 11 is 0. The van der Waals surface area contributed by atoms with Gasteiger partial charge in [0.2, 0.25) is 0 Å². The Labute approximate surface area is 66.1 Å². The average Bonchev–Trinajstić information content (AvgIpc) is 1.66. The quantitative estimate of drug-likeness (QED) is 0.450. The van der Waals surface area contributed by atoms with Crippen LogP contribution in [0, 0.1) is 0 Å². The van der Waals surface area contributed by atoms with Gasteiger partial charge < -0.3 is 9.90 Å². The van der Waals surface area contributed by atoms with Crippen LogP contribution in [0.3, 0.4) is 0 Å². The molecule has 0 aromatic heterocycles. The van der Waals surface area contributed by atoms with Gasteiger partial charge >= 0.3 is 17.1 Å². The van der Waals surface area contributed by atoms with Crippen LogP contribution in [0.5, 0.6) is 0 Å². The molecule has 9 heavy (non-hydrogen) atoms. The maximum absolute atomic E-state index is 9.76. The van der Waals surface area contributed by atoms with Gasteiger partial charge in [0.1, 0.15) is 0 Å². The Morgan fingerprint density at radius 1 is 1.44 bits per heavy atom. The van der Waals surface area contributed by atoms with E-state index in [1.807, 2.05) is 6.92 Å². The minimum atomic E-state index is -0.932. The van der Waals surface area contributed by atoms with E-state index < -0.39 is 5.97 Å². The molecular formula is C6H11MnO2+. The predicted octanol–water partition coefficient (Wildman–Crippen LogP) is 0.314. The van der Waals surface area contributed by atoms with E-state index in [9.17, 15) is 9.90 Å². The van der Waals surface area contributed by atoms with Crippen molar-refractivity contribution in [3.63, 3.8) is 0 Å². The Morgan fingerprint density at radius 3 is 2.33 bits per heavy atom. The van der Waals surface area contributed by atoms with Crippen molar-refractivity contribution < 1.29 is 27.0 Å². The summed E-state index contributed by atoms with van der Waals surface area (Å²) in [5, 5.41) is 9.76. The van der Waals surface area contributed by atoms with Gasteiger partial charge in [0.15, 0.2) is 0 Å². The molecule has 3 heteroatoms. The topological polar surface area (TPSA) is 40.1 Å². The molecule has 0 aliphatic rings. The molecule has 53 valence electrons. The van der Waals surface area contributed by atoms with Crippen LogP contribution in [0.1, 0.15) is 32.6 Å². The summed E-state index contributed by atoms with van der Waals surface area (Å²) in [7, 11) is 0. The van der Waals surface area contributed by atoms with Gasteiger partial charge in [0.25, 0.3) is 0 Å². The van der Waals surface area contributed by atoms with E-state index in [1.54, 1.807) is 0 Å². The summed E-state index contributed by atoms with van der Waals surface area (Å²) in [6.07, 6.45) is 3.04. The summed E-state index contributed by atoms with van der Waals surface area (Å²) in [4.78, 5) is 9.76. The Hall–Kier alpha value is -0.0105. The number of carbonyl (C=O) groups is 1. The third-order valence-electron chi connectivity index (χ3n) is 0.984. The van der Waals surface area contributed by atoms with Crippen LogP contribution in [0.15, 0.2) is 0 Å². The molecule has 1 radical (unpaired) electrons. The maximum atomic E-state index is 9.76. The number of hydrogen-bond acceptors (Lipinski definition) is 2. The number of unbranched alkanes of at least 4 members (excludes halogenated alkanes) is 2. The van der Waals surface area contributed by atoms with E-state index in [-0.39, 0.29) is 23.5 Å². The normalized spacial score (nSPS) is 8.11. The number of carboxylic acid groups (broad SMARTS) is 1. The Balaban J connectivity index is 0. The number of rotatable bonds is 4. The summed E-state index contributed by atoms with van der Waals surface area (Å²) < 4.78 is 0. The van der Waals surface area contributed by atoms with Gasteiger partial charge in [0.05, 0.1) is 0 Å². The van der Waals surface area contributed by atoms with E-state index in [4.69, 9.17) is 0 Å². The second kappa shape index (κ2) is 7.99. The molecule has 0 unspecified atom stereocenters.